The van der Waals surface area contributed by atoms with Crippen LogP contribution in [-0.4, -0.2) is 15.9 Å². The standard InChI is InChI=1S/C15H17N3O/c19-15(12-3-1-2-4-12)18-13-7-5-11(6-8-13)14-9-16-10-17-14/h5-10,12H,1-4H2,(H,16,17)(H,18,19). The topological polar surface area (TPSA) is 57.8 Å². The number of imidazole rings is 1. The van der Waals surface area contributed by atoms with Gasteiger partial charge >= 0.3 is 0 Å². The van der Waals surface area contributed by atoms with E-state index < -0.39 is 0 Å². The minimum Gasteiger partial charge on any atom is -0.345 e. The number of H-pyrrole nitrogens is 1. The van der Waals surface area contributed by atoms with Crippen molar-refractivity contribution in [1.29, 1.82) is 0 Å². The van der Waals surface area contributed by atoms with E-state index in [1.165, 1.54) is 12.8 Å². The van der Waals surface area contributed by atoms with Crippen LogP contribution in [-0.2, 0) is 4.79 Å². The number of nitrogens with one attached hydrogen (secondary N) is 2. The first-order chi connectivity index (χ1) is 9.33. The first-order valence-electron chi connectivity index (χ1n) is 6.72. The lowest BCUT2D eigenvalue weighted by Crippen LogP contribution is -2.20. The number of hydrogen-bond donors (Lipinski definition) is 2. The number of carbonyl (C=O) groups excluding carboxylic acids is 1. The normalized spacial score (nSPS) is 15.6. The average Bonchev–Trinajstić information content (AvgIpc) is 3.13. The van der Waals surface area contributed by atoms with Gasteiger partial charge in [0.15, 0.2) is 0 Å². The molecule has 0 bridgehead atoms. The average molecular weight is 255 g/mol. The summed E-state index contributed by atoms with van der Waals surface area (Å²) in [6, 6.07) is 7.83. The SMILES string of the molecule is O=C(Nc1ccc(-c2cnc[nH]2)cc1)C1CCCC1. The minimum absolute atomic E-state index is 0.159. The fourth-order valence-electron chi connectivity index (χ4n) is 2.58. The van der Waals surface area contributed by atoms with Gasteiger partial charge in [-0.1, -0.05) is 25.0 Å². The summed E-state index contributed by atoms with van der Waals surface area (Å²) in [7, 11) is 0. The second kappa shape index (κ2) is 5.26. The molecule has 1 aliphatic carbocycles. The third kappa shape index (κ3) is 2.67. The van der Waals surface area contributed by atoms with Crippen LogP contribution < -0.4 is 5.32 Å². The number of amides is 1. The monoisotopic (exact) mass is 255 g/mol. The molecule has 4 heteroatoms. The molecule has 0 radical (unpaired) electrons. The van der Waals surface area contributed by atoms with Crippen molar-refractivity contribution < 1.29 is 4.79 Å². The summed E-state index contributed by atoms with van der Waals surface area (Å²) in [6.45, 7) is 0. The number of benzene rings is 1. The molecule has 3 rings (SSSR count). The van der Waals surface area contributed by atoms with Gasteiger partial charge in [0, 0.05) is 11.6 Å². The summed E-state index contributed by atoms with van der Waals surface area (Å²) in [6.07, 6.45) is 7.85. The molecule has 0 atom stereocenters. The van der Waals surface area contributed by atoms with Crippen molar-refractivity contribution in [3.05, 3.63) is 36.8 Å². The lowest BCUT2D eigenvalue weighted by Gasteiger charge is -2.10. The van der Waals surface area contributed by atoms with E-state index in [1.807, 2.05) is 24.3 Å². The highest BCUT2D eigenvalue weighted by Gasteiger charge is 2.22. The fourth-order valence-corrected chi connectivity index (χ4v) is 2.58. The zero-order valence-electron chi connectivity index (χ0n) is 10.7. The van der Waals surface area contributed by atoms with Crippen LogP contribution in [0.15, 0.2) is 36.8 Å². The van der Waals surface area contributed by atoms with Crippen LogP contribution in [0.5, 0.6) is 0 Å². The third-order valence-electron chi connectivity index (χ3n) is 3.69. The van der Waals surface area contributed by atoms with E-state index in [1.54, 1.807) is 12.5 Å². The van der Waals surface area contributed by atoms with Crippen LogP contribution in [0.4, 0.5) is 5.69 Å². The maximum atomic E-state index is 12.0. The molecular formula is C15H17N3O. The molecule has 0 spiro atoms. The predicted octanol–water partition coefficient (Wildman–Crippen LogP) is 3.21. The van der Waals surface area contributed by atoms with Crippen LogP contribution in [0.25, 0.3) is 11.3 Å². The molecule has 0 aliphatic heterocycles. The van der Waals surface area contributed by atoms with Crippen molar-refractivity contribution in [2.24, 2.45) is 5.92 Å². The Morgan fingerprint density at radius 2 is 1.95 bits per heavy atom. The molecule has 98 valence electrons. The van der Waals surface area contributed by atoms with Crippen LogP contribution in [0.1, 0.15) is 25.7 Å². The van der Waals surface area contributed by atoms with Gasteiger partial charge in [0.1, 0.15) is 0 Å². The summed E-state index contributed by atoms with van der Waals surface area (Å²) in [5.41, 5.74) is 2.91. The Balaban J connectivity index is 1.67. The van der Waals surface area contributed by atoms with Crippen LogP contribution in [0.2, 0.25) is 0 Å². The Morgan fingerprint density at radius 1 is 1.21 bits per heavy atom. The highest BCUT2D eigenvalue weighted by atomic mass is 16.1. The van der Waals surface area contributed by atoms with E-state index in [2.05, 4.69) is 15.3 Å². The molecule has 2 N–H and O–H groups in total. The molecule has 1 aliphatic rings. The Labute approximate surface area is 112 Å². The largest absolute Gasteiger partial charge is 0.345 e. The second-order valence-electron chi connectivity index (χ2n) is 5.01. The molecule has 1 heterocycles. The van der Waals surface area contributed by atoms with Gasteiger partial charge in [-0.2, -0.15) is 0 Å². The Bertz CT molecular complexity index is 539. The molecule has 0 unspecified atom stereocenters. The third-order valence-corrected chi connectivity index (χ3v) is 3.69. The van der Waals surface area contributed by atoms with E-state index in [-0.39, 0.29) is 11.8 Å². The molecule has 2 aromatic rings. The number of anilines is 1. The van der Waals surface area contributed by atoms with Crippen LogP contribution in [0, 0.1) is 5.92 Å². The molecule has 1 aromatic heterocycles. The van der Waals surface area contributed by atoms with Gasteiger partial charge in [-0.25, -0.2) is 4.98 Å². The molecule has 1 aromatic carbocycles. The van der Waals surface area contributed by atoms with E-state index in [0.717, 1.165) is 29.8 Å². The molecule has 1 fully saturated rings. The van der Waals surface area contributed by atoms with Gasteiger partial charge in [0.25, 0.3) is 0 Å². The molecule has 0 saturated heterocycles. The summed E-state index contributed by atoms with van der Waals surface area (Å²) in [5.74, 6) is 0.360. The maximum Gasteiger partial charge on any atom is 0.227 e. The van der Waals surface area contributed by atoms with E-state index in [4.69, 9.17) is 0 Å². The highest BCUT2D eigenvalue weighted by molar-refractivity contribution is 5.92. The quantitative estimate of drug-likeness (QED) is 0.884. The van der Waals surface area contributed by atoms with Crippen molar-refractivity contribution in [1.82, 2.24) is 9.97 Å². The van der Waals surface area contributed by atoms with Gasteiger partial charge in [-0.05, 0) is 30.5 Å². The molecule has 19 heavy (non-hydrogen) atoms. The molecule has 1 saturated carbocycles. The smallest absolute Gasteiger partial charge is 0.227 e. The highest BCUT2D eigenvalue weighted by Crippen LogP contribution is 2.26. The van der Waals surface area contributed by atoms with E-state index >= 15 is 0 Å². The van der Waals surface area contributed by atoms with Crippen molar-refractivity contribution in [3.63, 3.8) is 0 Å². The zero-order chi connectivity index (χ0) is 13.1. The van der Waals surface area contributed by atoms with Gasteiger partial charge in [-0.3, -0.25) is 4.79 Å². The Kier molecular flexibility index (Phi) is 3.31. The second-order valence-corrected chi connectivity index (χ2v) is 5.01. The van der Waals surface area contributed by atoms with E-state index in [0.29, 0.717) is 0 Å². The predicted molar refractivity (Wildman–Crippen MR) is 74.6 cm³/mol. The molecular weight excluding hydrogens is 238 g/mol. The van der Waals surface area contributed by atoms with Gasteiger partial charge in [-0.15, -0.1) is 0 Å². The van der Waals surface area contributed by atoms with Crippen molar-refractivity contribution in [3.8, 4) is 11.3 Å². The molecule has 4 nitrogen and oxygen atoms in total. The van der Waals surface area contributed by atoms with Gasteiger partial charge in [0.2, 0.25) is 5.91 Å². The Hall–Kier alpha value is -2.10. The van der Waals surface area contributed by atoms with Crippen LogP contribution >= 0.6 is 0 Å². The summed E-state index contributed by atoms with van der Waals surface area (Å²) in [4.78, 5) is 19.1. The zero-order valence-corrected chi connectivity index (χ0v) is 10.7. The Morgan fingerprint density at radius 3 is 2.58 bits per heavy atom. The van der Waals surface area contributed by atoms with Gasteiger partial charge < -0.3 is 10.3 Å². The van der Waals surface area contributed by atoms with Crippen molar-refractivity contribution >= 4 is 11.6 Å². The number of hydrogen-bond acceptors (Lipinski definition) is 2. The maximum absolute atomic E-state index is 12.0. The van der Waals surface area contributed by atoms with Crippen LogP contribution in [0.3, 0.4) is 0 Å². The lowest BCUT2D eigenvalue weighted by atomic mass is 10.1. The summed E-state index contributed by atoms with van der Waals surface area (Å²) >= 11 is 0. The van der Waals surface area contributed by atoms with Crippen molar-refractivity contribution in [2.45, 2.75) is 25.7 Å². The fraction of sp³-hybridized carbons (Fsp3) is 0.333. The minimum atomic E-state index is 0.159. The number of aromatic amines is 1. The first-order valence-corrected chi connectivity index (χ1v) is 6.72. The number of nitrogens with zero attached hydrogens (tertiary/aromatic N) is 1. The number of rotatable bonds is 3. The number of aromatic nitrogens is 2. The first kappa shape index (κ1) is 12.0. The summed E-state index contributed by atoms with van der Waals surface area (Å²) in [5, 5.41) is 2.99. The van der Waals surface area contributed by atoms with E-state index in [9.17, 15) is 4.79 Å². The number of carbonyl (C=O) groups is 1. The van der Waals surface area contributed by atoms with Crippen molar-refractivity contribution in [2.75, 3.05) is 5.32 Å². The lowest BCUT2D eigenvalue weighted by molar-refractivity contribution is -0.119. The summed E-state index contributed by atoms with van der Waals surface area (Å²) < 4.78 is 0. The molecule has 1 amide bonds. The van der Waals surface area contributed by atoms with Gasteiger partial charge in [0.05, 0.1) is 18.2 Å².